The van der Waals surface area contributed by atoms with Crippen molar-refractivity contribution in [2.24, 2.45) is 0 Å². The fourth-order valence-corrected chi connectivity index (χ4v) is 3.33. The molecule has 0 saturated carbocycles. The number of hydrogen-bond acceptors (Lipinski definition) is 6. The van der Waals surface area contributed by atoms with Gasteiger partial charge in [0.25, 0.3) is 5.91 Å². The van der Waals surface area contributed by atoms with Crippen LogP contribution in [0.25, 0.3) is 11.0 Å². The van der Waals surface area contributed by atoms with Crippen LogP contribution in [0.15, 0.2) is 50.5 Å². The summed E-state index contributed by atoms with van der Waals surface area (Å²) in [6, 6.07) is 8.35. The van der Waals surface area contributed by atoms with Gasteiger partial charge in [0.15, 0.2) is 5.75 Å². The minimum absolute atomic E-state index is 0.0717. The first-order valence-electron chi connectivity index (χ1n) is 9.85. The lowest BCUT2D eigenvalue weighted by Gasteiger charge is -2.21. The third kappa shape index (κ3) is 4.22. The van der Waals surface area contributed by atoms with E-state index in [0.717, 1.165) is 18.8 Å². The lowest BCUT2D eigenvalue weighted by Crippen LogP contribution is -2.31. The van der Waals surface area contributed by atoms with Crippen molar-refractivity contribution in [3.8, 4) is 5.75 Å². The smallest absolute Gasteiger partial charge is 0.349 e. The maximum absolute atomic E-state index is 12.5. The second-order valence-corrected chi connectivity index (χ2v) is 6.91. The van der Waals surface area contributed by atoms with E-state index in [1.807, 2.05) is 26.0 Å². The second-order valence-electron chi connectivity index (χ2n) is 6.91. The lowest BCUT2D eigenvalue weighted by molar-refractivity contribution is 0.0948. The normalized spacial score (nSPS) is 10.9. The molecular formula is C22H25N3O5. The molecule has 0 unspecified atom stereocenters. The maximum atomic E-state index is 12.5. The third-order valence-electron chi connectivity index (χ3n) is 5.14. The van der Waals surface area contributed by atoms with Crippen LogP contribution in [0.2, 0.25) is 0 Å². The maximum Gasteiger partial charge on any atom is 0.349 e. The molecule has 0 fully saturated rings. The number of fused-ring (bicyclic) bond motifs is 1. The van der Waals surface area contributed by atoms with E-state index in [1.165, 1.54) is 12.1 Å². The number of aromatic hydroxyl groups is 1. The van der Waals surface area contributed by atoms with Crippen molar-refractivity contribution in [1.82, 2.24) is 9.88 Å². The molecule has 0 atom stereocenters. The number of carbonyl (C=O) groups is 1. The summed E-state index contributed by atoms with van der Waals surface area (Å²) in [5.41, 5.74) is 0.566. The van der Waals surface area contributed by atoms with Gasteiger partial charge < -0.3 is 24.3 Å². The number of anilines is 1. The molecule has 2 heterocycles. The van der Waals surface area contributed by atoms with Gasteiger partial charge in [0.1, 0.15) is 11.1 Å². The predicted molar refractivity (Wildman–Crippen MR) is 115 cm³/mol. The van der Waals surface area contributed by atoms with Gasteiger partial charge in [0, 0.05) is 55.6 Å². The Balaban J connectivity index is 1.76. The number of hydrogen-bond donors (Lipinski definition) is 2. The van der Waals surface area contributed by atoms with Crippen molar-refractivity contribution in [3.05, 3.63) is 68.4 Å². The fourth-order valence-electron chi connectivity index (χ4n) is 3.33. The van der Waals surface area contributed by atoms with Crippen LogP contribution in [0, 0.1) is 6.92 Å². The van der Waals surface area contributed by atoms with Crippen molar-refractivity contribution < 1.29 is 14.3 Å². The zero-order valence-corrected chi connectivity index (χ0v) is 17.3. The number of aromatic nitrogens is 1. The number of nitrogens with one attached hydrogen (secondary N) is 1. The molecule has 0 aliphatic rings. The molecule has 0 saturated heterocycles. The summed E-state index contributed by atoms with van der Waals surface area (Å²) in [7, 11) is 0. The number of nitrogens with zero attached hydrogens (tertiary/aromatic N) is 2. The highest BCUT2D eigenvalue weighted by atomic mass is 16.4. The first-order chi connectivity index (χ1) is 14.3. The summed E-state index contributed by atoms with van der Waals surface area (Å²) >= 11 is 0. The highest BCUT2D eigenvalue weighted by Crippen LogP contribution is 2.22. The van der Waals surface area contributed by atoms with Crippen LogP contribution in [-0.4, -0.2) is 35.2 Å². The first-order valence-corrected chi connectivity index (χ1v) is 9.85. The van der Waals surface area contributed by atoms with E-state index in [2.05, 4.69) is 10.2 Å². The molecule has 0 aliphatic heterocycles. The standard InChI is InChI=1S/C22H25N3O5/c1-4-24(5-2)16-7-6-15-12-17(22(29)30-19(15)13-16)21(28)23-9-11-25-10-8-18(26)20(27)14(25)3/h6-8,10,12-13,27H,4-5,9,11H2,1-3H3,(H,23,28). The van der Waals surface area contributed by atoms with Crippen LogP contribution in [-0.2, 0) is 6.54 Å². The van der Waals surface area contributed by atoms with E-state index < -0.39 is 17.0 Å². The van der Waals surface area contributed by atoms with Crippen LogP contribution in [0.3, 0.4) is 0 Å². The van der Waals surface area contributed by atoms with Crippen molar-refractivity contribution in [2.45, 2.75) is 27.3 Å². The largest absolute Gasteiger partial charge is 0.503 e. The molecule has 0 radical (unpaired) electrons. The van der Waals surface area contributed by atoms with Crippen LogP contribution in [0.4, 0.5) is 5.69 Å². The molecule has 0 aliphatic carbocycles. The Bertz CT molecular complexity index is 1190. The Morgan fingerprint density at radius 3 is 2.60 bits per heavy atom. The molecule has 8 heteroatoms. The van der Waals surface area contributed by atoms with Crippen LogP contribution < -0.4 is 21.3 Å². The fraction of sp³-hybridized carbons (Fsp3) is 0.318. The molecule has 30 heavy (non-hydrogen) atoms. The zero-order chi connectivity index (χ0) is 21.8. The number of benzene rings is 1. The Morgan fingerprint density at radius 1 is 1.17 bits per heavy atom. The number of amides is 1. The second kappa shape index (κ2) is 8.86. The Morgan fingerprint density at radius 2 is 1.90 bits per heavy atom. The van der Waals surface area contributed by atoms with Gasteiger partial charge in [-0.05, 0) is 39.0 Å². The zero-order valence-electron chi connectivity index (χ0n) is 17.3. The summed E-state index contributed by atoms with van der Waals surface area (Å²) in [6.07, 6.45) is 1.54. The predicted octanol–water partition coefficient (Wildman–Crippen LogP) is 2.24. The molecule has 2 N–H and O–H groups in total. The van der Waals surface area contributed by atoms with E-state index in [9.17, 15) is 19.5 Å². The Hall–Kier alpha value is -3.55. The minimum Gasteiger partial charge on any atom is -0.503 e. The Labute approximate surface area is 173 Å². The molecule has 8 nitrogen and oxygen atoms in total. The van der Waals surface area contributed by atoms with E-state index in [-0.39, 0.29) is 17.9 Å². The number of carbonyl (C=O) groups excluding carboxylic acids is 1. The topological polar surface area (TPSA) is 105 Å². The van der Waals surface area contributed by atoms with Crippen molar-refractivity contribution in [3.63, 3.8) is 0 Å². The van der Waals surface area contributed by atoms with E-state index in [4.69, 9.17) is 4.42 Å². The van der Waals surface area contributed by atoms with Crippen molar-refractivity contribution in [1.29, 1.82) is 0 Å². The molecule has 158 valence electrons. The quantitative estimate of drug-likeness (QED) is 0.578. The summed E-state index contributed by atoms with van der Waals surface area (Å²) in [5, 5.41) is 13.1. The van der Waals surface area contributed by atoms with Crippen molar-refractivity contribution in [2.75, 3.05) is 24.5 Å². The molecular weight excluding hydrogens is 386 g/mol. The van der Waals surface area contributed by atoms with Gasteiger partial charge in [-0.2, -0.15) is 0 Å². The molecule has 1 amide bonds. The van der Waals surface area contributed by atoms with Gasteiger partial charge in [-0.25, -0.2) is 4.79 Å². The van der Waals surface area contributed by atoms with E-state index >= 15 is 0 Å². The van der Waals surface area contributed by atoms with Crippen LogP contribution in [0.1, 0.15) is 29.9 Å². The summed E-state index contributed by atoms with van der Waals surface area (Å²) < 4.78 is 7.04. The summed E-state index contributed by atoms with van der Waals surface area (Å²) in [4.78, 5) is 38.4. The van der Waals surface area contributed by atoms with Crippen molar-refractivity contribution >= 4 is 22.6 Å². The molecule has 3 aromatic rings. The van der Waals surface area contributed by atoms with Crippen LogP contribution in [0.5, 0.6) is 5.75 Å². The number of pyridine rings is 1. The molecule has 0 spiro atoms. The van der Waals surface area contributed by atoms with Gasteiger partial charge in [0.05, 0.1) is 5.69 Å². The summed E-state index contributed by atoms with van der Waals surface area (Å²) in [6.45, 7) is 7.92. The molecule has 2 aromatic heterocycles. The van der Waals surface area contributed by atoms with Gasteiger partial charge >= 0.3 is 5.63 Å². The Kier molecular flexibility index (Phi) is 6.25. The molecule has 1 aromatic carbocycles. The highest BCUT2D eigenvalue weighted by Gasteiger charge is 2.15. The number of rotatable bonds is 7. The molecule has 3 rings (SSSR count). The highest BCUT2D eigenvalue weighted by molar-refractivity contribution is 5.96. The van der Waals surface area contributed by atoms with Gasteiger partial charge in [-0.1, -0.05) is 0 Å². The SMILES string of the molecule is CCN(CC)c1ccc2cc(C(=O)NCCn3ccc(=O)c(O)c3C)c(=O)oc2c1. The monoisotopic (exact) mass is 411 g/mol. The molecule has 0 bridgehead atoms. The van der Waals surface area contributed by atoms with Gasteiger partial charge in [-0.15, -0.1) is 0 Å². The average Bonchev–Trinajstić information content (AvgIpc) is 2.74. The average molecular weight is 411 g/mol. The van der Waals surface area contributed by atoms with Crippen LogP contribution >= 0.6 is 0 Å². The first kappa shape index (κ1) is 21.2. The third-order valence-corrected chi connectivity index (χ3v) is 5.14. The lowest BCUT2D eigenvalue weighted by atomic mass is 10.1. The van der Waals surface area contributed by atoms with Gasteiger partial charge in [-0.3, -0.25) is 9.59 Å². The van der Waals surface area contributed by atoms with E-state index in [0.29, 0.717) is 23.2 Å². The summed E-state index contributed by atoms with van der Waals surface area (Å²) in [5.74, 6) is -0.857. The van der Waals surface area contributed by atoms with E-state index in [1.54, 1.807) is 23.8 Å². The minimum atomic E-state index is -0.700. The van der Waals surface area contributed by atoms with Gasteiger partial charge in [0.2, 0.25) is 5.43 Å².